The van der Waals surface area contributed by atoms with E-state index in [9.17, 15) is 5.11 Å². The maximum absolute atomic E-state index is 9.86. The first kappa shape index (κ1) is 22.2. The Labute approximate surface area is 178 Å². The van der Waals surface area contributed by atoms with Gasteiger partial charge in [-0.15, -0.1) is 10.2 Å². The summed E-state index contributed by atoms with van der Waals surface area (Å²) in [5, 5.41) is 11.3. The van der Waals surface area contributed by atoms with Crippen LogP contribution in [0.4, 0.5) is 5.82 Å². The van der Waals surface area contributed by atoms with E-state index in [0.717, 1.165) is 16.7 Å². The number of pyridine rings is 1. The second-order valence-electron chi connectivity index (χ2n) is 6.14. The Hall–Kier alpha value is -3.47. The predicted octanol–water partition coefficient (Wildman–Crippen LogP) is -0.895. The van der Waals surface area contributed by atoms with Crippen molar-refractivity contribution in [2.75, 3.05) is 7.11 Å². The number of benzene rings is 2. The highest BCUT2D eigenvalue weighted by Crippen LogP contribution is 2.26. The summed E-state index contributed by atoms with van der Waals surface area (Å²) in [6, 6.07) is 20.2. The number of hydrogen-bond acceptors (Lipinski definition) is 8. The van der Waals surface area contributed by atoms with Crippen LogP contribution in [0, 0.1) is 10.2 Å². The highest BCUT2D eigenvalue weighted by atomic mass is 35.7. The fraction of sp³-hybridized carbons (Fsp3) is 0.0476. The lowest BCUT2D eigenvalue weighted by Crippen LogP contribution is -2.68. The van der Waals surface area contributed by atoms with E-state index in [1.54, 1.807) is 25.3 Å². The van der Waals surface area contributed by atoms with Gasteiger partial charge in [0.2, 0.25) is 0 Å². The lowest BCUT2D eigenvalue weighted by Gasteiger charge is -2.17. The molecule has 4 rings (SSSR count). The minimum absolute atomic E-state index is 0.165. The van der Waals surface area contributed by atoms with Gasteiger partial charge < -0.3 is 14.3 Å². The molecule has 2 N–H and O–H groups in total. The molecule has 4 aromatic rings. The zero-order valence-electron chi connectivity index (χ0n) is 16.2. The molecule has 2 aromatic heterocycles. The fourth-order valence-electron chi connectivity index (χ4n) is 2.73. The summed E-state index contributed by atoms with van der Waals surface area (Å²) in [5.74, 6) is 2.34. The topological polar surface area (TPSA) is 161 Å². The van der Waals surface area contributed by atoms with Gasteiger partial charge in [0, 0.05) is 17.7 Å². The molecule has 0 bridgehead atoms. The molecule has 0 spiro atoms. The van der Waals surface area contributed by atoms with Crippen LogP contribution < -0.4 is 33.7 Å². The second-order valence-corrected chi connectivity index (χ2v) is 6.90. The molecule has 2 heterocycles. The van der Waals surface area contributed by atoms with Crippen molar-refractivity contribution in [3.05, 3.63) is 78.3 Å². The van der Waals surface area contributed by atoms with Gasteiger partial charge in [-0.2, -0.15) is 0 Å². The van der Waals surface area contributed by atoms with Crippen LogP contribution in [0.5, 0.6) is 11.5 Å². The molecule has 31 heavy (non-hydrogen) atoms. The molecular weight excluding hydrogens is 428 g/mol. The van der Waals surface area contributed by atoms with Crippen LogP contribution in [0.2, 0.25) is 0 Å². The monoisotopic (exact) mass is 444 g/mol. The molecule has 0 saturated heterocycles. The van der Waals surface area contributed by atoms with Crippen molar-refractivity contribution < 1.29 is 48.1 Å². The van der Waals surface area contributed by atoms with Crippen molar-refractivity contribution >= 4 is 16.8 Å². The van der Waals surface area contributed by atoms with E-state index in [2.05, 4.69) is 9.98 Å². The summed E-state index contributed by atoms with van der Waals surface area (Å²) >= 11 is 0. The van der Waals surface area contributed by atoms with Gasteiger partial charge in [0.05, 0.1) is 18.7 Å². The Kier molecular flexibility index (Phi) is 6.85. The number of phenolic OH excluding ortho intramolecular Hbond substituents is 1. The van der Waals surface area contributed by atoms with Crippen molar-refractivity contribution in [2.24, 2.45) is 4.99 Å². The third kappa shape index (κ3) is 6.51. The number of fused-ring (bicyclic) bond motifs is 1. The number of hydrogen-bond donors (Lipinski definition) is 1. The number of nitrogens with zero attached hydrogens (tertiary/aromatic N) is 1. The Morgan fingerprint density at radius 1 is 0.968 bits per heavy atom. The van der Waals surface area contributed by atoms with E-state index in [-0.39, 0.29) is 5.75 Å². The Morgan fingerprint density at radius 3 is 2.29 bits per heavy atom. The normalized spacial score (nSPS) is 11.7. The number of aromatic amines is 1. The standard InChI is InChI=1S/C21H16N2O3.ClHO4/c1-25-16-8-5-14(6-9-16)20-13-18(23-21-4-2-3-11-22-21)17-12-15(24)7-10-19(17)26-20;2-1(3,4)5/h2-13,24H,1H3;(H,2,3,4,5)/b23-18+;. The van der Waals surface area contributed by atoms with Crippen molar-refractivity contribution in [3.8, 4) is 22.8 Å². The third-order valence-corrected chi connectivity index (χ3v) is 4.03. The van der Waals surface area contributed by atoms with Crippen LogP contribution in [0.1, 0.15) is 0 Å². The van der Waals surface area contributed by atoms with Gasteiger partial charge in [-0.1, -0.05) is 6.07 Å². The quantitative estimate of drug-likeness (QED) is 0.428. The summed E-state index contributed by atoms with van der Waals surface area (Å²) in [7, 11) is -3.31. The smallest absolute Gasteiger partial charge is 0.321 e. The number of aromatic nitrogens is 1. The number of phenols is 1. The van der Waals surface area contributed by atoms with E-state index in [1.165, 1.54) is 0 Å². The van der Waals surface area contributed by atoms with E-state index in [1.807, 2.05) is 54.7 Å². The van der Waals surface area contributed by atoms with Gasteiger partial charge in [-0.3, -0.25) is 0 Å². The number of methoxy groups -OCH3 is 1. The molecule has 0 amide bonds. The average Bonchev–Trinajstić information content (AvgIpc) is 2.73. The first-order valence-electron chi connectivity index (χ1n) is 8.77. The molecule has 0 unspecified atom stereocenters. The molecule has 9 nitrogen and oxygen atoms in total. The number of halogens is 1. The van der Waals surface area contributed by atoms with Crippen molar-refractivity contribution in [1.29, 1.82) is 0 Å². The van der Waals surface area contributed by atoms with Crippen LogP contribution in [-0.2, 0) is 0 Å². The van der Waals surface area contributed by atoms with Gasteiger partial charge in [-0.25, -0.2) is 23.6 Å². The van der Waals surface area contributed by atoms with Crippen molar-refractivity contribution in [1.82, 2.24) is 0 Å². The van der Waals surface area contributed by atoms with Crippen LogP contribution in [-0.4, -0.2) is 12.2 Å². The SMILES string of the molecule is COc1ccc(-c2c/c(=N\c3cccc[nH+]3)c3cc(O)ccc3o2)cc1.[O-][Cl+3]([O-])([O-])[O-]. The number of aromatic hydroxyl groups is 1. The van der Waals surface area contributed by atoms with E-state index >= 15 is 0 Å². The largest absolute Gasteiger partial charge is 0.508 e. The van der Waals surface area contributed by atoms with Gasteiger partial charge >= 0.3 is 5.82 Å². The molecule has 0 aliphatic carbocycles. The lowest BCUT2D eigenvalue weighted by atomic mass is 10.1. The lowest BCUT2D eigenvalue weighted by molar-refractivity contribution is -2.00. The summed E-state index contributed by atoms with van der Waals surface area (Å²) in [6.45, 7) is 0. The van der Waals surface area contributed by atoms with Crippen LogP contribution in [0.3, 0.4) is 0 Å². The summed E-state index contributed by atoms with van der Waals surface area (Å²) in [4.78, 5) is 7.77. The van der Waals surface area contributed by atoms with E-state index < -0.39 is 10.2 Å². The first-order valence-corrected chi connectivity index (χ1v) is 10.0. The van der Waals surface area contributed by atoms with Crippen LogP contribution in [0.25, 0.3) is 22.3 Å². The molecule has 0 aliphatic heterocycles. The summed E-state index contributed by atoms with van der Waals surface area (Å²) in [6.07, 6.45) is 1.82. The Bertz CT molecular complexity index is 1210. The summed E-state index contributed by atoms with van der Waals surface area (Å²) < 4.78 is 45.2. The average molecular weight is 445 g/mol. The minimum atomic E-state index is -4.94. The fourth-order valence-corrected chi connectivity index (χ4v) is 2.73. The minimum Gasteiger partial charge on any atom is -0.508 e. The van der Waals surface area contributed by atoms with Crippen LogP contribution in [0.15, 0.2) is 82.3 Å². The van der Waals surface area contributed by atoms with Crippen molar-refractivity contribution in [3.63, 3.8) is 0 Å². The molecule has 0 fully saturated rings. The van der Waals surface area contributed by atoms with Crippen LogP contribution >= 0.6 is 0 Å². The zero-order chi connectivity index (χ0) is 22.4. The Balaban J connectivity index is 0.000000491. The number of nitrogens with one attached hydrogen (secondary N) is 1. The first-order chi connectivity index (χ1) is 14.7. The molecule has 0 radical (unpaired) electrons. The number of H-pyrrole nitrogens is 1. The highest BCUT2D eigenvalue weighted by molar-refractivity contribution is 5.80. The molecule has 160 valence electrons. The van der Waals surface area contributed by atoms with Gasteiger partial charge in [0.1, 0.15) is 22.8 Å². The summed E-state index contributed by atoms with van der Waals surface area (Å²) in [5.41, 5.74) is 1.56. The molecule has 10 heteroatoms. The molecule has 0 aliphatic rings. The number of ether oxygens (including phenoxy) is 1. The third-order valence-electron chi connectivity index (χ3n) is 4.03. The van der Waals surface area contributed by atoms with Gasteiger partial charge in [0.15, 0.2) is 5.36 Å². The molecule has 2 aromatic carbocycles. The van der Waals surface area contributed by atoms with E-state index in [4.69, 9.17) is 27.8 Å². The van der Waals surface area contributed by atoms with Crippen molar-refractivity contribution in [2.45, 2.75) is 0 Å². The van der Waals surface area contributed by atoms with Gasteiger partial charge in [-0.05, 0) is 53.5 Å². The second kappa shape index (κ2) is 9.56. The molecular formula is C21H17ClN2O7. The van der Waals surface area contributed by atoms with Gasteiger partial charge in [0.25, 0.3) is 0 Å². The Morgan fingerprint density at radius 2 is 1.68 bits per heavy atom. The highest BCUT2D eigenvalue weighted by Gasteiger charge is 2.11. The maximum Gasteiger partial charge on any atom is 0.321 e. The zero-order valence-corrected chi connectivity index (χ0v) is 16.9. The maximum atomic E-state index is 9.86. The van der Waals surface area contributed by atoms with E-state index in [0.29, 0.717) is 22.5 Å². The predicted molar refractivity (Wildman–Crippen MR) is 98.1 cm³/mol. The number of rotatable bonds is 3. The molecule has 0 saturated carbocycles. The molecule has 0 atom stereocenters.